The summed E-state index contributed by atoms with van der Waals surface area (Å²) in [6, 6.07) is 8.24. The molecule has 0 aromatic heterocycles. The molecule has 3 amide bonds. The quantitative estimate of drug-likeness (QED) is 0.862. The number of hydrogen-bond donors (Lipinski definition) is 2. The van der Waals surface area contributed by atoms with Crippen LogP contribution in [0.2, 0.25) is 0 Å². The van der Waals surface area contributed by atoms with Crippen molar-refractivity contribution in [3.05, 3.63) is 29.8 Å². The highest BCUT2D eigenvalue weighted by Crippen LogP contribution is 2.08. The molecule has 2 N–H and O–H groups in total. The van der Waals surface area contributed by atoms with Gasteiger partial charge in [0.2, 0.25) is 5.91 Å². The molecule has 1 heterocycles. The summed E-state index contributed by atoms with van der Waals surface area (Å²) in [5, 5.41) is 14.0. The lowest BCUT2D eigenvalue weighted by Gasteiger charge is -2.32. The third-order valence-corrected chi connectivity index (χ3v) is 3.75. The number of nitrogens with one attached hydrogen (secondary N) is 2. The van der Waals surface area contributed by atoms with Gasteiger partial charge in [0.15, 0.2) is 0 Å². The van der Waals surface area contributed by atoms with Crippen LogP contribution in [0.1, 0.15) is 12.0 Å². The predicted octanol–water partition coefficient (Wildman–Crippen LogP) is 0.844. The van der Waals surface area contributed by atoms with Crippen LogP contribution in [-0.2, 0) is 4.79 Å². The van der Waals surface area contributed by atoms with Gasteiger partial charge in [-0.3, -0.25) is 4.79 Å². The molecule has 7 heteroatoms. The highest BCUT2D eigenvalue weighted by Gasteiger charge is 2.18. The number of piperazine rings is 1. The fourth-order valence-corrected chi connectivity index (χ4v) is 2.30. The van der Waals surface area contributed by atoms with Gasteiger partial charge in [0.1, 0.15) is 0 Å². The summed E-state index contributed by atoms with van der Waals surface area (Å²) in [5.41, 5.74) is 1.14. The summed E-state index contributed by atoms with van der Waals surface area (Å²) >= 11 is 0. The van der Waals surface area contributed by atoms with Gasteiger partial charge in [0.05, 0.1) is 11.6 Å². The third-order valence-electron chi connectivity index (χ3n) is 3.75. The molecular weight excluding hydrogens is 294 g/mol. The number of carbonyl (C=O) groups is 2. The summed E-state index contributed by atoms with van der Waals surface area (Å²) < 4.78 is 0. The standard InChI is InChI=1S/C16H21N5O2/c1-20-8-10-21(11-9-20)15(22)6-7-18-16(23)19-14-4-2-13(12-17)3-5-14/h2-5H,6-11H2,1H3,(H2,18,19,23). The molecule has 1 aromatic carbocycles. The maximum absolute atomic E-state index is 12.0. The van der Waals surface area contributed by atoms with Crippen molar-refractivity contribution < 1.29 is 9.59 Å². The normalized spacial score (nSPS) is 14.9. The number of anilines is 1. The molecule has 1 aliphatic rings. The first-order chi connectivity index (χ1) is 11.1. The van der Waals surface area contributed by atoms with E-state index >= 15 is 0 Å². The Bertz CT molecular complexity index is 585. The minimum atomic E-state index is -0.360. The van der Waals surface area contributed by atoms with Gasteiger partial charge in [0, 0.05) is 44.8 Å². The predicted molar refractivity (Wildman–Crippen MR) is 86.9 cm³/mol. The number of rotatable bonds is 4. The van der Waals surface area contributed by atoms with Crippen LogP contribution < -0.4 is 10.6 Å². The maximum atomic E-state index is 12.0. The van der Waals surface area contributed by atoms with Gasteiger partial charge in [-0.15, -0.1) is 0 Å². The third kappa shape index (κ3) is 5.27. The molecule has 1 fully saturated rings. The summed E-state index contributed by atoms with van der Waals surface area (Å²) in [6.45, 7) is 3.56. The van der Waals surface area contributed by atoms with Gasteiger partial charge in [-0.05, 0) is 31.3 Å². The molecule has 23 heavy (non-hydrogen) atoms. The number of benzene rings is 1. The fourth-order valence-electron chi connectivity index (χ4n) is 2.30. The molecule has 0 saturated carbocycles. The van der Waals surface area contributed by atoms with Crippen molar-refractivity contribution in [2.45, 2.75) is 6.42 Å². The first-order valence-electron chi connectivity index (χ1n) is 7.60. The zero-order valence-corrected chi connectivity index (χ0v) is 13.2. The van der Waals surface area contributed by atoms with Gasteiger partial charge in [-0.25, -0.2) is 4.79 Å². The lowest BCUT2D eigenvalue weighted by atomic mass is 10.2. The van der Waals surface area contributed by atoms with Crippen molar-refractivity contribution in [2.24, 2.45) is 0 Å². The Hall–Kier alpha value is -2.59. The van der Waals surface area contributed by atoms with Gasteiger partial charge in [-0.1, -0.05) is 0 Å². The molecule has 0 spiro atoms. The van der Waals surface area contributed by atoms with Crippen LogP contribution in [0.4, 0.5) is 10.5 Å². The van der Waals surface area contributed by atoms with Gasteiger partial charge in [0.25, 0.3) is 0 Å². The molecule has 0 atom stereocenters. The van der Waals surface area contributed by atoms with Crippen LogP contribution in [0.25, 0.3) is 0 Å². The molecule has 122 valence electrons. The van der Waals surface area contributed by atoms with Crippen LogP contribution in [-0.4, -0.2) is 61.5 Å². The molecule has 0 radical (unpaired) electrons. The van der Waals surface area contributed by atoms with E-state index in [9.17, 15) is 9.59 Å². The van der Waals surface area contributed by atoms with E-state index in [0.29, 0.717) is 24.2 Å². The zero-order valence-electron chi connectivity index (χ0n) is 13.2. The molecule has 0 aliphatic carbocycles. The van der Waals surface area contributed by atoms with E-state index in [4.69, 9.17) is 5.26 Å². The van der Waals surface area contributed by atoms with E-state index in [1.165, 1.54) is 0 Å². The number of likely N-dealkylation sites (N-methyl/N-ethyl adjacent to an activating group) is 1. The molecule has 2 rings (SSSR count). The number of urea groups is 1. The summed E-state index contributed by atoms with van der Waals surface area (Å²) in [4.78, 5) is 27.8. The van der Waals surface area contributed by atoms with E-state index in [0.717, 1.165) is 26.2 Å². The fraction of sp³-hybridized carbons (Fsp3) is 0.438. The molecule has 1 aliphatic heterocycles. The molecular formula is C16H21N5O2. The van der Waals surface area contributed by atoms with Crippen molar-refractivity contribution in [1.82, 2.24) is 15.1 Å². The Morgan fingerprint density at radius 3 is 2.43 bits per heavy atom. The largest absolute Gasteiger partial charge is 0.340 e. The van der Waals surface area contributed by atoms with Crippen LogP contribution in [0.15, 0.2) is 24.3 Å². The van der Waals surface area contributed by atoms with E-state index < -0.39 is 0 Å². The Morgan fingerprint density at radius 2 is 1.83 bits per heavy atom. The maximum Gasteiger partial charge on any atom is 0.319 e. The van der Waals surface area contributed by atoms with E-state index in [1.54, 1.807) is 24.3 Å². The van der Waals surface area contributed by atoms with Gasteiger partial charge in [-0.2, -0.15) is 5.26 Å². The molecule has 1 aromatic rings. The number of hydrogen-bond acceptors (Lipinski definition) is 4. The summed E-state index contributed by atoms with van der Waals surface area (Å²) in [7, 11) is 2.04. The number of carbonyl (C=O) groups excluding carboxylic acids is 2. The Labute approximate surface area is 135 Å². The minimum Gasteiger partial charge on any atom is -0.340 e. The summed E-state index contributed by atoms with van der Waals surface area (Å²) in [6.07, 6.45) is 0.296. The average molecular weight is 315 g/mol. The van der Waals surface area contributed by atoms with E-state index in [1.807, 2.05) is 18.0 Å². The van der Waals surface area contributed by atoms with Crippen molar-refractivity contribution in [1.29, 1.82) is 5.26 Å². The second-order valence-corrected chi connectivity index (χ2v) is 5.50. The minimum absolute atomic E-state index is 0.0665. The van der Waals surface area contributed by atoms with E-state index in [2.05, 4.69) is 15.5 Å². The van der Waals surface area contributed by atoms with Crippen molar-refractivity contribution in [2.75, 3.05) is 45.1 Å². The second-order valence-electron chi connectivity index (χ2n) is 5.50. The average Bonchev–Trinajstić information content (AvgIpc) is 2.56. The SMILES string of the molecule is CN1CCN(C(=O)CCNC(=O)Nc2ccc(C#N)cc2)CC1. The summed E-state index contributed by atoms with van der Waals surface area (Å²) in [5.74, 6) is 0.0665. The molecule has 0 bridgehead atoms. The van der Waals surface area contributed by atoms with Crippen molar-refractivity contribution in [3.63, 3.8) is 0 Å². The molecule has 0 unspecified atom stereocenters. The first-order valence-corrected chi connectivity index (χ1v) is 7.60. The van der Waals surface area contributed by atoms with E-state index in [-0.39, 0.29) is 11.9 Å². The Kier molecular flexibility index (Phi) is 5.94. The number of nitrogens with zero attached hydrogens (tertiary/aromatic N) is 3. The zero-order chi connectivity index (χ0) is 16.7. The van der Waals surface area contributed by atoms with Crippen LogP contribution in [0.3, 0.4) is 0 Å². The second kappa shape index (κ2) is 8.15. The smallest absolute Gasteiger partial charge is 0.319 e. The van der Waals surface area contributed by atoms with Crippen LogP contribution in [0.5, 0.6) is 0 Å². The topological polar surface area (TPSA) is 88.5 Å². The highest BCUT2D eigenvalue weighted by atomic mass is 16.2. The van der Waals surface area contributed by atoms with Crippen LogP contribution >= 0.6 is 0 Å². The molecule has 1 saturated heterocycles. The van der Waals surface area contributed by atoms with Crippen molar-refractivity contribution in [3.8, 4) is 6.07 Å². The lowest BCUT2D eigenvalue weighted by molar-refractivity contribution is -0.132. The van der Waals surface area contributed by atoms with Gasteiger partial charge < -0.3 is 20.4 Å². The molecule has 7 nitrogen and oxygen atoms in total. The monoisotopic (exact) mass is 315 g/mol. The van der Waals surface area contributed by atoms with Crippen molar-refractivity contribution >= 4 is 17.6 Å². The number of amides is 3. The highest BCUT2D eigenvalue weighted by molar-refractivity contribution is 5.89. The lowest BCUT2D eigenvalue weighted by Crippen LogP contribution is -2.47. The van der Waals surface area contributed by atoms with Gasteiger partial charge >= 0.3 is 6.03 Å². The van der Waals surface area contributed by atoms with Crippen LogP contribution in [0, 0.1) is 11.3 Å². The Morgan fingerprint density at radius 1 is 1.17 bits per heavy atom. The first kappa shape index (κ1) is 16.8. The Balaban J connectivity index is 1.68. The number of nitriles is 1.